The lowest BCUT2D eigenvalue weighted by Gasteiger charge is -2.02. The molecule has 0 unspecified atom stereocenters. The Morgan fingerprint density at radius 3 is 2.75 bits per heavy atom. The monoisotopic (exact) mass is 279 g/mol. The Balaban J connectivity index is 2.46. The van der Waals surface area contributed by atoms with Crippen molar-refractivity contribution in [2.45, 2.75) is 0 Å². The third kappa shape index (κ3) is 2.17. The van der Waals surface area contributed by atoms with Gasteiger partial charge in [0, 0.05) is 10.7 Å². The van der Waals surface area contributed by atoms with E-state index in [1.54, 1.807) is 24.3 Å². The third-order valence-corrected chi connectivity index (χ3v) is 2.56. The second kappa shape index (κ2) is 4.53. The highest BCUT2D eigenvalue weighted by molar-refractivity contribution is 9.10. The highest BCUT2D eigenvalue weighted by atomic mass is 79.9. The smallest absolute Gasteiger partial charge is 0.214 e. The summed E-state index contributed by atoms with van der Waals surface area (Å²) in [5, 5.41) is 0. The van der Waals surface area contributed by atoms with E-state index >= 15 is 0 Å². The number of rotatable bonds is 2. The van der Waals surface area contributed by atoms with Gasteiger partial charge in [0.1, 0.15) is 11.5 Å². The molecule has 0 aliphatic carbocycles. The first-order valence-corrected chi connectivity index (χ1v) is 5.38. The number of benzene rings is 1. The summed E-state index contributed by atoms with van der Waals surface area (Å²) in [6.07, 6.45) is 1.50. The zero-order chi connectivity index (χ0) is 11.5. The van der Waals surface area contributed by atoms with E-state index in [1.165, 1.54) is 18.3 Å². The Kier molecular flexibility index (Phi) is 3.10. The van der Waals surface area contributed by atoms with Gasteiger partial charge in [-0.05, 0) is 30.3 Å². The Bertz CT molecular complexity index is 528. The summed E-state index contributed by atoms with van der Waals surface area (Å²) in [5.74, 6) is -0.960. The Hall–Kier alpha value is -1.55. The van der Waals surface area contributed by atoms with Crippen LogP contribution in [0.4, 0.5) is 4.39 Å². The van der Waals surface area contributed by atoms with Crippen molar-refractivity contribution in [3.63, 3.8) is 0 Å². The van der Waals surface area contributed by atoms with Gasteiger partial charge < -0.3 is 0 Å². The lowest BCUT2D eigenvalue weighted by atomic mass is 10.1. The van der Waals surface area contributed by atoms with Gasteiger partial charge in [0.15, 0.2) is 0 Å². The van der Waals surface area contributed by atoms with E-state index in [4.69, 9.17) is 0 Å². The van der Waals surface area contributed by atoms with Crippen LogP contribution in [-0.4, -0.2) is 10.8 Å². The summed E-state index contributed by atoms with van der Waals surface area (Å²) in [4.78, 5) is 15.8. The van der Waals surface area contributed by atoms with Crippen molar-refractivity contribution < 1.29 is 9.18 Å². The summed E-state index contributed by atoms with van der Waals surface area (Å²) in [5.41, 5.74) is 0.257. The molecule has 0 spiro atoms. The maximum absolute atomic E-state index is 13.4. The zero-order valence-electron chi connectivity index (χ0n) is 8.15. The van der Waals surface area contributed by atoms with Gasteiger partial charge in [-0.25, -0.2) is 4.39 Å². The minimum atomic E-state index is -0.543. The SMILES string of the molecule is O=C(c1ccccn1)c1cc(Br)ccc1F. The largest absolute Gasteiger partial charge is 0.287 e. The molecule has 2 nitrogen and oxygen atoms in total. The van der Waals surface area contributed by atoms with Crippen molar-refractivity contribution >= 4 is 21.7 Å². The van der Waals surface area contributed by atoms with Crippen LogP contribution in [0.25, 0.3) is 0 Å². The lowest BCUT2D eigenvalue weighted by Crippen LogP contribution is -2.06. The number of ketones is 1. The van der Waals surface area contributed by atoms with Crippen LogP contribution in [0.1, 0.15) is 16.1 Å². The second-order valence-electron chi connectivity index (χ2n) is 3.17. The first-order chi connectivity index (χ1) is 7.68. The van der Waals surface area contributed by atoms with Crippen LogP contribution in [0.2, 0.25) is 0 Å². The third-order valence-electron chi connectivity index (χ3n) is 2.07. The minimum Gasteiger partial charge on any atom is -0.287 e. The first kappa shape index (κ1) is 11.0. The normalized spacial score (nSPS) is 10.1. The van der Waals surface area contributed by atoms with E-state index in [9.17, 15) is 9.18 Å². The molecule has 4 heteroatoms. The fourth-order valence-electron chi connectivity index (χ4n) is 1.31. The predicted molar refractivity (Wildman–Crippen MR) is 61.8 cm³/mol. The average molecular weight is 280 g/mol. The van der Waals surface area contributed by atoms with Crippen LogP contribution in [-0.2, 0) is 0 Å². The summed E-state index contributed by atoms with van der Waals surface area (Å²) in [6.45, 7) is 0. The molecule has 1 aromatic carbocycles. The number of hydrogen-bond donors (Lipinski definition) is 0. The van der Waals surface area contributed by atoms with Gasteiger partial charge in [-0.15, -0.1) is 0 Å². The first-order valence-electron chi connectivity index (χ1n) is 4.59. The molecule has 16 heavy (non-hydrogen) atoms. The molecule has 0 aliphatic rings. The molecule has 0 saturated heterocycles. The predicted octanol–water partition coefficient (Wildman–Crippen LogP) is 3.21. The van der Waals surface area contributed by atoms with Gasteiger partial charge in [0.2, 0.25) is 5.78 Å². The summed E-state index contributed by atoms with van der Waals surface area (Å²) in [7, 11) is 0. The van der Waals surface area contributed by atoms with Crippen molar-refractivity contribution in [1.82, 2.24) is 4.98 Å². The highest BCUT2D eigenvalue weighted by Gasteiger charge is 2.14. The van der Waals surface area contributed by atoms with E-state index in [-0.39, 0.29) is 11.3 Å². The Morgan fingerprint density at radius 2 is 2.06 bits per heavy atom. The summed E-state index contributed by atoms with van der Waals surface area (Å²) in [6, 6.07) is 9.20. The number of pyridine rings is 1. The van der Waals surface area contributed by atoms with Crippen molar-refractivity contribution in [1.29, 1.82) is 0 Å². The van der Waals surface area contributed by atoms with Crippen LogP contribution < -0.4 is 0 Å². The van der Waals surface area contributed by atoms with Crippen molar-refractivity contribution in [3.05, 3.63) is 64.1 Å². The van der Waals surface area contributed by atoms with Gasteiger partial charge in [0.25, 0.3) is 0 Å². The number of carbonyl (C=O) groups is 1. The van der Waals surface area contributed by atoms with E-state index in [1.807, 2.05) is 0 Å². The molecule has 2 aromatic rings. The topological polar surface area (TPSA) is 30.0 Å². The molecular formula is C12H7BrFNO. The number of aromatic nitrogens is 1. The van der Waals surface area contributed by atoms with Gasteiger partial charge in [0.05, 0.1) is 5.56 Å². The van der Waals surface area contributed by atoms with Crippen LogP contribution >= 0.6 is 15.9 Å². The van der Waals surface area contributed by atoms with E-state index in [0.717, 1.165) is 0 Å². The number of nitrogens with zero attached hydrogens (tertiary/aromatic N) is 1. The van der Waals surface area contributed by atoms with Crippen LogP contribution in [0.15, 0.2) is 47.1 Å². The Morgan fingerprint density at radius 1 is 1.25 bits per heavy atom. The molecule has 0 fully saturated rings. The molecule has 80 valence electrons. The van der Waals surface area contributed by atoms with Crippen LogP contribution in [0.5, 0.6) is 0 Å². The summed E-state index contributed by atoms with van der Waals surface area (Å²) >= 11 is 3.20. The molecule has 0 N–H and O–H groups in total. The fourth-order valence-corrected chi connectivity index (χ4v) is 1.67. The average Bonchev–Trinajstić information content (AvgIpc) is 2.32. The van der Waals surface area contributed by atoms with Crippen molar-refractivity contribution in [2.75, 3.05) is 0 Å². The maximum atomic E-state index is 13.4. The molecule has 2 rings (SSSR count). The minimum absolute atomic E-state index is 0.0214. The van der Waals surface area contributed by atoms with Crippen molar-refractivity contribution in [3.8, 4) is 0 Å². The van der Waals surface area contributed by atoms with E-state index in [0.29, 0.717) is 4.47 Å². The standard InChI is InChI=1S/C12H7BrFNO/c13-8-4-5-10(14)9(7-8)12(16)11-3-1-2-6-15-11/h1-7H. The molecule has 0 aliphatic heterocycles. The molecule has 0 bridgehead atoms. The molecule has 0 amide bonds. The quantitative estimate of drug-likeness (QED) is 0.790. The van der Waals surface area contributed by atoms with E-state index in [2.05, 4.69) is 20.9 Å². The molecule has 0 radical (unpaired) electrons. The Labute approximate surface area is 100 Å². The molecule has 0 saturated carbocycles. The number of halogens is 2. The van der Waals surface area contributed by atoms with Gasteiger partial charge in [-0.1, -0.05) is 22.0 Å². The van der Waals surface area contributed by atoms with Crippen molar-refractivity contribution in [2.24, 2.45) is 0 Å². The second-order valence-corrected chi connectivity index (χ2v) is 4.08. The fraction of sp³-hybridized carbons (Fsp3) is 0. The van der Waals surface area contributed by atoms with Gasteiger partial charge in [-0.2, -0.15) is 0 Å². The van der Waals surface area contributed by atoms with Crippen LogP contribution in [0, 0.1) is 5.82 Å². The number of carbonyl (C=O) groups excluding carboxylic acids is 1. The number of hydrogen-bond acceptors (Lipinski definition) is 2. The highest BCUT2D eigenvalue weighted by Crippen LogP contribution is 2.17. The molecule has 1 aromatic heterocycles. The molecule has 0 atom stereocenters. The van der Waals surface area contributed by atoms with Gasteiger partial charge in [-0.3, -0.25) is 9.78 Å². The van der Waals surface area contributed by atoms with Gasteiger partial charge >= 0.3 is 0 Å². The van der Waals surface area contributed by atoms with Crippen LogP contribution in [0.3, 0.4) is 0 Å². The molecule has 1 heterocycles. The zero-order valence-corrected chi connectivity index (χ0v) is 9.74. The molecular weight excluding hydrogens is 273 g/mol. The summed E-state index contributed by atoms with van der Waals surface area (Å²) < 4.78 is 14.1. The maximum Gasteiger partial charge on any atom is 0.214 e. The lowest BCUT2D eigenvalue weighted by molar-refractivity contribution is 0.103. The van der Waals surface area contributed by atoms with E-state index < -0.39 is 11.6 Å².